The van der Waals surface area contributed by atoms with E-state index in [0.29, 0.717) is 25.9 Å². The van der Waals surface area contributed by atoms with Gasteiger partial charge in [0.1, 0.15) is 6.04 Å². The van der Waals surface area contributed by atoms with Crippen molar-refractivity contribution < 1.29 is 14.7 Å². The Bertz CT molecular complexity index is 286. The van der Waals surface area contributed by atoms with Gasteiger partial charge in [-0.2, -0.15) is 0 Å². The number of aliphatic hydroxyl groups excluding tert-OH is 1. The van der Waals surface area contributed by atoms with Crippen molar-refractivity contribution in [2.45, 2.75) is 38.8 Å². The summed E-state index contributed by atoms with van der Waals surface area (Å²) in [5, 5.41) is 11.8. The van der Waals surface area contributed by atoms with E-state index in [9.17, 15) is 14.7 Å². The summed E-state index contributed by atoms with van der Waals surface area (Å²) in [4.78, 5) is 24.7. The van der Waals surface area contributed by atoms with Gasteiger partial charge in [-0.3, -0.25) is 4.79 Å². The second-order valence-electron chi connectivity index (χ2n) is 4.79. The number of carbonyl (C=O) groups excluding carboxylic acids is 2. The molecule has 1 saturated heterocycles. The molecular formula is C11H21N3O3. The lowest BCUT2D eigenvalue weighted by molar-refractivity contribution is -0.136. The number of likely N-dealkylation sites (tertiary alicyclic amines) is 1. The number of primary amides is 1. The number of amides is 3. The second kappa shape index (κ2) is 5.86. The molecule has 1 aliphatic rings. The predicted molar refractivity (Wildman–Crippen MR) is 63.2 cm³/mol. The van der Waals surface area contributed by atoms with Gasteiger partial charge in [0.2, 0.25) is 5.91 Å². The van der Waals surface area contributed by atoms with Crippen molar-refractivity contribution in [2.24, 2.45) is 11.7 Å². The maximum Gasteiger partial charge on any atom is 0.312 e. The van der Waals surface area contributed by atoms with E-state index in [1.54, 1.807) is 4.90 Å². The number of rotatable bonds is 3. The fourth-order valence-electron chi connectivity index (χ4n) is 1.95. The summed E-state index contributed by atoms with van der Waals surface area (Å²) in [7, 11) is 0. The molecule has 0 aromatic heterocycles. The van der Waals surface area contributed by atoms with Gasteiger partial charge in [0.05, 0.1) is 6.10 Å². The molecule has 1 fully saturated rings. The first-order valence-corrected chi connectivity index (χ1v) is 5.94. The number of urea groups is 1. The molecule has 1 atom stereocenters. The Morgan fingerprint density at radius 1 is 1.35 bits per heavy atom. The van der Waals surface area contributed by atoms with Crippen LogP contribution in [0.4, 0.5) is 4.79 Å². The van der Waals surface area contributed by atoms with Crippen LogP contribution in [-0.4, -0.2) is 47.2 Å². The average molecular weight is 243 g/mol. The molecule has 17 heavy (non-hydrogen) atoms. The molecule has 1 heterocycles. The molecule has 1 unspecified atom stereocenters. The van der Waals surface area contributed by atoms with Crippen molar-refractivity contribution in [2.75, 3.05) is 13.1 Å². The normalized spacial score (nSPS) is 19.2. The van der Waals surface area contributed by atoms with E-state index in [1.165, 1.54) is 0 Å². The number of carbonyl (C=O) groups is 2. The molecule has 0 aromatic carbocycles. The standard InChI is InChI=1S/C11H21N3O3/c1-7(2)9(13-11(12)17)10(16)14-5-3-8(15)4-6-14/h7-9,15H,3-6H2,1-2H3,(H3,12,13,17). The van der Waals surface area contributed by atoms with E-state index in [-0.39, 0.29) is 17.9 Å². The molecular weight excluding hydrogens is 222 g/mol. The molecule has 1 rings (SSSR count). The predicted octanol–water partition coefficient (Wildman–Crippen LogP) is -0.337. The number of nitrogens with two attached hydrogens (primary N) is 1. The minimum Gasteiger partial charge on any atom is -0.393 e. The Labute approximate surface area is 101 Å². The van der Waals surface area contributed by atoms with Gasteiger partial charge in [0.25, 0.3) is 0 Å². The Balaban J connectivity index is 2.61. The topological polar surface area (TPSA) is 95.7 Å². The van der Waals surface area contributed by atoms with Crippen molar-refractivity contribution in [1.82, 2.24) is 10.2 Å². The van der Waals surface area contributed by atoms with E-state index >= 15 is 0 Å². The van der Waals surface area contributed by atoms with Crippen LogP contribution in [0.5, 0.6) is 0 Å². The molecule has 6 nitrogen and oxygen atoms in total. The van der Waals surface area contributed by atoms with Crippen molar-refractivity contribution in [3.8, 4) is 0 Å². The highest BCUT2D eigenvalue weighted by molar-refractivity contribution is 5.86. The maximum atomic E-state index is 12.2. The monoisotopic (exact) mass is 243 g/mol. The number of aliphatic hydroxyl groups is 1. The summed E-state index contributed by atoms with van der Waals surface area (Å²) in [6.45, 7) is 4.78. The smallest absolute Gasteiger partial charge is 0.312 e. The van der Waals surface area contributed by atoms with Gasteiger partial charge in [-0.05, 0) is 18.8 Å². The molecule has 3 amide bonds. The Morgan fingerprint density at radius 3 is 2.29 bits per heavy atom. The van der Waals surface area contributed by atoms with Crippen LogP contribution < -0.4 is 11.1 Å². The van der Waals surface area contributed by atoms with Gasteiger partial charge in [-0.1, -0.05) is 13.8 Å². The molecule has 0 bridgehead atoms. The number of hydrogen-bond donors (Lipinski definition) is 3. The van der Waals surface area contributed by atoms with E-state index in [2.05, 4.69) is 5.32 Å². The van der Waals surface area contributed by atoms with Gasteiger partial charge >= 0.3 is 6.03 Å². The zero-order valence-electron chi connectivity index (χ0n) is 10.3. The second-order valence-corrected chi connectivity index (χ2v) is 4.79. The van der Waals surface area contributed by atoms with E-state index in [1.807, 2.05) is 13.8 Å². The van der Waals surface area contributed by atoms with Crippen LogP contribution in [0, 0.1) is 5.92 Å². The van der Waals surface area contributed by atoms with Gasteiger partial charge in [0, 0.05) is 13.1 Å². The van der Waals surface area contributed by atoms with Gasteiger partial charge in [-0.25, -0.2) is 4.79 Å². The largest absolute Gasteiger partial charge is 0.393 e. The maximum absolute atomic E-state index is 12.2. The lowest BCUT2D eigenvalue weighted by Gasteiger charge is -2.33. The van der Waals surface area contributed by atoms with Crippen LogP contribution >= 0.6 is 0 Å². The molecule has 0 radical (unpaired) electrons. The third-order valence-corrected chi connectivity index (χ3v) is 3.01. The lowest BCUT2D eigenvalue weighted by Crippen LogP contribution is -2.54. The fraction of sp³-hybridized carbons (Fsp3) is 0.818. The zero-order valence-corrected chi connectivity index (χ0v) is 10.3. The third-order valence-electron chi connectivity index (χ3n) is 3.01. The number of piperidine rings is 1. The first-order chi connectivity index (χ1) is 7.91. The summed E-state index contributed by atoms with van der Waals surface area (Å²) in [6, 6.07) is -1.27. The average Bonchev–Trinajstić information content (AvgIpc) is 2.25. The number of hydrogen-bond acceptors (Lipinski definition) is 3. The quantitative estimate of drug-likeness (QED) is 0.633. The van der Waals surface area contributed by atoms with Crippen LogP contribution in [0.15, 0.2) is 0 Å². The number of nitrogens with one attached hydrogen (secondary N) is 1. The lowest BCUT2D eigenvalue weighted by atomic mass is 10.0. The molecule has 0 aliphatic carbocycles. The zero-order chi connectivity index (χ0) is 13.0. The van der Waals surface area contributed by atoms with E-state index in [4.69, 9.17) is 5.73 Å². The van der Waals surface area contributed by atoms with Crippen LogP contribution in [0.3, 0.4) is 0 Å². The summed E-state index contributed by atoms with van der Waals surface area (Å²) < 4.78 is 0. The Morgan fingerprint density at radius 2 is 1.88 bits per heavy atom. The molecule has 6 heteroatoms. The molecule has 4 N–H and O–H groups in total. The van der Waals surface area contributed by atoms with Crippen LogP contribution in [0.25, 0.3) is 0 Å². The minimum absolute atomic E-state index is 0.0122. The Kier molecular flexibility index (Phi) is 4.74. The summed E-state index contributed by atoms with van der Waals surface area (Å²) in [5.74, 6) is -0.132. The van der Waals surface area contributed by atoms with E-state index < -0.39 is 12.1 Å². The van der Waals surface area contributed by atoms with E-state index in [0.717, 1.165) is 0 Å². The van der Waals surface area contributed by atoms with Crippen molar-refractivity contribution >= 4 is 11.9 Å². The fourth-order valence-corrected chi connectivity index (χ4v) is 1.95. The van der Waals surface area contributed by atoms with Crippen LogP contribution in [0.2, 0.25) is 0 Å². The Hall–Kier alpha value is -1.30. The van der Waals surface area contributed by atoms with Crippen molar-refractivity contribution in [3.05, 3.63) is 0 Å². The minimum atomic E-state index is -0.686. The first-order valence-electron chi connectivity index (χ1n) is 5.94. The highest BCUT2D eigenvalue weighted by atomic mass is 16.3. The SMILES string of the molecule is CC(C)C(NC(N)=O)C(=O)N1CCC(O)CC1. The molecule has 0 saturated carbocycles. The van der Waals surface area contributed by atoms with Gasteiger partial charge in [-0.15, -0.1) is 0 Å². The van der Waals surface area contributed by atoms with Gasteiger partial charge < -0.3 is 21.1 Å². The summed E-state index contributed by atoms with van der Waals surface area (Å²) in [6.07, 6.45) is 0.862. The first kappa shape index (κ1) is 13.8. The molecule has 1 aliphatic heterocycles. The number of nitrogens with zero attached hydrogens (tertiary/aromatic N) is 1. The van der Waals surface area contributed by atoms with Crippen LogP contribution in [0.1, 0.15) is 26.7 Å². The van der Waals surface area contributed by atoms with Crippen LogP contribution in [-0.2, 0) is 4.79 Å². The van der Waals surface area contributed by atoms with Crippen molar-refractivity contribution in [1.29, 1.82) is 0 Å². The van der Waals surface area contributed by atoms with Crippen molar-refractivity contribution in [3.63, 3.8) is 0 Å². The third kappa shape index (κ3) is 3.89. The molecule has 0 spiro atoms. The summed E-state index contributed by atoms with van der Waals surface area (Å²) in [5.41, 5.74) is 5.06. The van der Waals surface area contributed by atoms with Gasteiger partial charge in [0.15, 0.2) is 0 Å². The molecule has 98 valence electrons. The molecule has 0 aromatic rings. The summed E-state index contributed by atoms with van der Waals surface area (Å²) >= 11 is 0. The highest BCUT2D eigenvalue weighted by Crippen LogP contribution is 2.13. The highest BCUT2D eigenvalue weighted by Gasteiger charge is 2.30.